The van der Waals surface area contributed by atoms with Gasteiger partial charge in [-0.2, -0.15) is 0 Å². The summed E-state index contributed by atoms with van der Waals surface area (Å²) in [6.07, 6.45) is 0.782. The summed E-state index contributed by atoms with van der Waals surface area (Å²) in [6, 6.07) is 7.61. The van der Waals surface area contributed by atoms with Gasteiger partial charge in [0.1, 0.15) is 0 Å². The molecule has 19 heavy (non-hydrogen) atoms. The first-order chi connectivity index (χ1) is 9.16. The van der Waals surface area contributed by atoms with E-state index in [0.29, 0.717) is 19.7 Å². The first-order valence-electron chi connectivity index (χ1n) is 6.44. The van der Waals surface area contributed by atoms with Gasteiger partial charge in [0.05, 0.1) is 6.61 Å². The zero-order chi connectivity index (χ0) is 13.7. The Hall–Kier alpha value is -2.04. The second-order valence-corrected chi connectivity index (χ2v) is 4.57. The van der Waals surface area contributed by atoms with Crippen molar-refractivity contribution in [1.82, 2.24) is 4.90 Å². The van der Waals surface area contributed by atoms with E-state index in [4.69, 9.17) is 4.74 Å². The summed E-state index contributed by atoms with van der Waals surface area (Å²) in [5.41, 5.74) is 1.84. The number of carbonyl (C=O) groups is 2. The Labute approximate surface area is 112 Å². The molecule has 0 radical (unpaired) electrons. The number of para-hydroxylation sites is 1. The minimum absolute atomic E-state index is 0.0901. The van der Waals surface area contributed by atoms with Gasteiger partial charge >= 0.3 is 6.09 Å². The van der Waals surface area contributed by atoms with Crippen molar-refractivity contribution < 1.29 is 14.3 Å². The highest BCUT2D eigenvalue weighted by atomic mass is 16.6. The van der Waals surface area contributed by atoms with Gasteiger partial charge in [-0.3, -0.25) is 4.79 Å². The largest absolute Gasteiger partial charge is 0.449 e. The summed E-state index contributed by atoms with van der Waals surface area (Å²) >= 11 is 0. The summed E-state index contributed by atoms with van der Waals surface area (Å²) < 4.78 is 4.92. The zero-order valence-corrected chi connectivity index (χ0v) is 11.0. The topological polar surface area (TPSA) is 58.6 Å². The molecule has 0 saturated carbocycles. The third-order valence-electron chi connectivity index (χ3n) is 3.08. The number of benzene rings is 1. The van der Waals surface area contributed by atoms with Gasteiger partial charge < -0.3 is 15.0 Å². The molecule has 2 amide bonds. The number of rotatable bonds is 4. The van der Waals surface area contributed by atoms with Crippen molar-refractivity contribution in [2.75, 3.05) is 25.0 Å². The van der Waals surface area contributed by atoms with Crippen LogP contribution in [0.4, 0.5) is 10.5 Å². The Morgan fingerprint density at radius 3 is 2.95 bits per heavy atom. The van der Waals surface area contributed by atoms with E-state index in [2.05, 4.69) is 5.32 Å². The van der Waals surface area contributed by atoms with Crippen molar-refractivity contribution >= 4 is 17.7 Å². The van der Waals surface area contributed by atoms with E-state index in [9.17, 15) is 9.59 Å². The Kier molecular flexibility index (Phi) is 4.39. The fourth-order valence-corrected chi connectivity index (χ4v) is 1.96. The average Bonchev–Trinajstić information content (AvgIpc) is 2.40. The van der Waals surface area contributed by atoms with Crippen LogP contribution in [-0.2, 0) is 9.53 Å². The number of amides is 2. The molecule has 102 valence electrons. The molecular formula is C14H18N2O3. The molecule has 1 aliphatic rings. The Morgan fingerprint density at radius 2 is 2.21 bits per heavy atom. The second kappa shape index (κ2) is 6.22. The zero-order valence-electron chi connectivity index (χ0n) is 11.0. The molecule has 0 unspecified atom stereocenters. The van der Waals surface area contributed by atoms with Gasteiger partial charge in [0.15, 0.2) is 0 Å². The molecule has 1 saturated heterocycles. The van der Waals surface area contributed by atoms with Crippen LogP contribution < -0.4 is 5.32 Å². The molecular weight excluding hydrogens is 244 g/mol. The van der Waals surface area contributed by atoms with Crippen molar-refractivity contribution in [3.05, 3.63) is 29.8 Å². The van der Waals surface area contributed by atoms with Crippen LogP contribution >= 0.6 is 0 Å². The van der Waals surface area contributed by atoms with E-state index >= 15 is 0 Å². The van der Waals surface area contributed by atoms with Crippen LogP contribution in [0.1, 0.15) is 18.4 Å². The molecule has 1 aliphatic heterocycles. The maximum absolute atomic E-state index is 11.8. The normalized spacial score (nSPS) is 15.0. The molecule has 0 atom stereocenters. The van der Waals surface area contributed by atoms with E-state index < -0.39 is 0 Å². The quantitative estimate of drug-likeness (QED) is 0.904. The van der Waals surface area contributed by atoms with E-state index in [0.717, 1.165) is 17.7 Å². The minimum atomic E-state index is -0.324. The summed E-state index contributed by atoms with van der Waals surface area (Å²) in [6.45, 7) is 3.48. The lowest BCUT2D eigenvalue weighted by atomic mass is 10.2. The molecule has 0 aromatic heterocycles. The number of nitrogens with one attached hydrogen (secondary N) is 1. The van der Waals surface area contributed by atoms with Crippen molar-refractivity contribution in [2.24, 2.45) is 0 Å². The number of anilines is 1. The molecule has 5 nitrogen and oxygen atoms in total. The van der Waals surface area contributed by atoms with Gasteiger partial charge in [0.2, 0.25) is 5.91 Å². The predicted octanol–water partition coefficient (Wildman–Crippen LogP) is 2.17. The number of hydrogen-bond donors (Lipinski definition) is 1. The maximum Gasteiger partial charge on any atom is 0.409 e. The SMILES string of the molecule is Cc1ccccc1NC(=O)CCN1CCCOC1=O. The molecule has 1 fully saturated rings. The van der Waals surface area contributed by atoms with Crippen molar-refractivity contribution in [2.45, 2.75) is 19.8 Å². The van der Waals surface area contributed by atoms with Crippen LogP contribution in [0.25, 0.3) is 0 Å². The van der Waals surface area contributed by atoms with E-state index in [-0.39, 0.29) is 18.4 Å². The lowest BCUT2D eigenvalue weighted by molar-refractivity contribution is -0.116. The minimum Gasteiger partial charge on any atom is -0.449 e. The lowest BCUT2D eigenvalue weighted by Gasteiger charge is -2.25. The third kappa shape index (κ3) is 3.71. The predicted molar refractivity (Wildman–Crippen MR) is 72.0 cm³/mol. The first kappa shape index (κ1) is 13.4. The van der Waals surface area contributed by atoms with Gasteiger partial charge in [-0.1, -0.05) is 18.2 Å². The fraction of sp³-hybridized carbons (Fsp3) is 0.429. The fourth-order valence-electron chi connectivity index (χ4n) is 1.96. The standard InChI is InChI=1S/C14H18N2O3/c1-11-5-2-3-6-12(11)15-13(17)7-9-16-8-4-10-19-14(16)18/h2-3,5-6H,4,7-10H2,1H3,(H,15,17). The summed E-state index contributed by atoms with van der Waals surface area (Å²) in [5, 5.41) is 2.85. The average molecular weight is 262 g/mol. The highest BCUT2D eigenvalue weighted by Crippen LogP contribution is 2.13. The summed E-state index contributed by atoms with van der Waals surface area (Å²) in [7, 11) is 0. The smallest absolute Gasteiger partial charge is 0.409 e. The maximum atomic E-state index is 11.8. The van der Waals surface area contributed by atoms with Crippen LogP contribution in [0.5, 0.6) is 0 Å². The highest BCUT2D eigenvalue weighted by Gasteiger charge is 2.19. The monoisotopic (exact) mass is 262 g/mol. The van der Waals surface area contributed by atoms with Crippen LogP contribution in [-0.4, -0.2) is 36.6 Å². The first-order valence-corrected chi connectivity index (χ1v) is 6.44. The van der Waals surface area contributed by atoms with E-state index in [1.165, 1.54) is 0 Å². The number of ether oxygens (including phenoxy) is 1. The van der Waals surface area contributed by atoms with Gasteiger partial charge in [-0.15, -0.1) is 0 Å². The van der Waals surface area contributed by atoms with Crippen molar-refractivity contribution in [1.29, 1.82) is 0 Å². The Morgan fingerprint density at radius 1 is 1.42 bits per heavy atom. The Bertz CT molecular complexity index is 474. The number of carbonyl (C=O) groups excluding carboxylic acids is 2. The number of cyclic esters (lactones) is 1. The van der Waals surface area contributed by atoms with Crippen LogP contribution in [0.2, 0.25) is 0 Å². The lowest BCUT2D eigenvalue weighted by Crippen LogP contribution is -2.39. The van der Waals surface area contributed by atoms with Gasteiger partial charge in [-0.05, 0) is 25.0 Å². The molecule has 1 N–H and O–H groups in total. The molecule has 1 aromatic carbocycles. The van der Waals surface area contributed by atoms with Crippen molar-refractivity contribution in [3.8, 4) is 0 Å². The van der Waals surface area contributed by atoms with Crippen LogP contribution in [0, 0.1) is 6.92 Å². The molecule has 0 bridgehead atoms. The van der Waals surface area contributed by atoms with Gasteiger partial charge in [0, 0.05) is 25.2 Å². The molecule has 2 rings (SSSR count). The van der Waals surface area contributed by atoms with Crippen molar-refractivity contribution in [3.63, 3.8) is 0 Å². The molecule has 1 aromatic rings. The Balaban J connectivity index is 1.81. The number of nitrogens with zero attached hydrogens (tertiary/aromatic N) is 1. The molecule has 1 heterocycles. The summed E-state index contributed by atoms with van der Waals surface area (Å²) in [4.78, 5) is 24.8. The molecule has 0 spiro atoms. The molecule has 0 aliphatic carbocycles. The molecule has 5 heteroatoms. The second-order valence-electron chi connectivity index (χ2n) is 4.57. The number of hydrogen-bond acceptors (Lipinski definition) is 3. The summed E-state index contributed by atoms with van der Waals surface area (Å²) in [5.74, 6) is -0.0901. The highest BCUT2D eigenvalue weighted by molar-refractivity contribution is 5.91. The third-order valence-corrected chi connectivity index (χ3v) is 3.08. The van der Waals surface area contributed by atoms with Crippen LogP contribution in [0.15, 0.2) is 24.3 Å². The number of aryl methyl sites for hydroxylation is 1. The van der Waals surface area contributed by atoms with Crippen LogP contribution in [0.3, 0.4) is 0 Å². The van der Waals surface area contributed by atoms with E-state index in [1.54, 1.807) is 4.90 Å². The van der Waals surface area contributed by atoms with Gasteiger partial charge in [0.25, 0.3) is 0 Å². The van der Waals surface area contributed by atoms with E-state index in [1.807, 2.05) is 31.2 Å². The van der Waals surface area contributed by atoms with Gasteiger partial charge in [-0.25, -0.2) is 4.79 Å².